The summed E-state index contributed by atoms with van der Waals surface area (Å²) in [6, 6.07) is 15.9. The van der Waals surface area contributed by atoms with Crippen LogP contribution in [0.15, 0.2) is 48.5 Å². The molecule has 4 heteroatoms. The molecule has 2 unspecified atom stereocenters. The number of fused-ring (bicyclic) bond motifs is 1. The molecule has 2 aromatic carbocycles. The van der Waals surface area contributed by atoms with E-state index in [9.17, 15) is 10.2 Å². The van der Waals surface area contributed by atoms with Crippen molar-refractivity contribution in [1.82, 2.24) is 5.32 Å². The van der Waals surface area contributed by atoms with E-state index in [4.69, 9.17) is 4.74 Å². The Morgan fingerprint density at radius 2 is 1.92 bits per heavy atom. The molecule has 0 heterocycles. The van der Waals surface area contributed by atoms with Crippen LogP contribution >= 0.6 is 0 Å². The van der Waals surface area contributed by atoms with Gasteiger partial charge in [-0.15, -0.1) is 0 Å². The summed E-state index contributed by atoms with van der Waals surface area (Å²) in [5, 5.41) is 23.6. The van der Waals surface area contributed by atoms with Gasteiger partial charge in [0.2, 0.25) is 0 Å². The second-order valence-electron chi connectivity index (χ2n) is 6.51. The molecule has 24 heavy (non-hydrogen) atoms. The van der Waals surface area contributed by atoms with E-state index in [2.05, 4.69) is 17.4 Å². The van der Waals surface area contributed by atoms with Gasteiger partial charge in [-0.25, -0.2) is 0 Å². The Balaban J connectivity index is 1.58. The van der Waals surface area contributed by atoms with E-state index >= 15 is 0 Å². The van der Waals surface area contributed by atoms with Crippen molar-refractivity contribution in [3.63, 3.8) is 0 Å². The topological polar surface area (TPSA) is 61.7 Å². The van der Waals surface area contributed by atoms with Gasteiger partial charge < -0.3 is 20.3 Å². The molecule has 1 aliphatic rings. The molecular weight excluding hydrogens is 302 g/mol. The van der Waals surface area contributed by atoms with Crippen LogP contribution in [0.2, 0.25) is 0 Å². The maximum absolute atomic E-state index is 10.3. The van der Waals surface area contributed by atoms with Crippen molar-refractivity contribution < 1.29 is 14.9 Å². The molecule has 2 aromatic rings. The lowest BCUT2D eigenvalue weighted by atomic mass is 9.92. The van der Waals surface area contributed by atoms with E-state index in [0.717, 1.165) is 29.7 Å². The minimum absolute atomic E-state index is 0.0232. The summed E-state index contributed by atoms with van der Waals surface area (Å²) in [5.41, 5.74) is 3.00. The lowest BCUT2D eigenvalue weighted by Crippen LogP contribution is -2.48. The Kier molecular flexibility index (Phi) is 5.19. The highest BCUT2D eigenvalue weighted by Crippen LogP contribution is 2.36. The van der Waals surface area contributed by atoms with Gasteiger partial charge in [0.05, 0.1) is 12.1 Å². The van der Waals surface area contributed by atoms with Crippen LogP contribution in [0.1, 0.15) is 23.1 Å². The van der Waals surface area contributed by atoms with Crippen LogP contribution in [0.25, 0.3) is 0 Å². The Labute approximate surface area is 143 Å². The number of para-hydroxylation sites is 1. The van der Waals surface area contributed by atoms with Crippen molar-refractivity contribution in [2.45, 2.75) is 31.4 Å². The van der Waals surface area contributed by atoms with Crippen LogP contribution in [-0.4, -0.2) is 36.1 Å². The van der Waals surface area contributed by atoms with Crippen molar-refractivity contribution in [2.75, 3.05) is 19.8 Å². The normalized spacial score (nSPS) is 20.6. The number of benzene rings is 2. The molecular formula is C20H25NO3. The fourth-order valence-corrected chi connectivity index (χ4v) is 3.37. The van der Waals surface area contributed by atoms with Gasteiger partial charge in [-0.3, -0.25) is 0 Å². The third-order valence-electron chi connectivity index (χ3n) is 4.82. The van der Waals surface area contributed by atoms with E-state index in [0.29, 0.717) is 6.54 Å². The Morgan fingerprint density at radius 1 is 1.17 bits per heavy atom. The molecule has 128 valence electrons. The van der Waals surface area contributed by atoms with Crippen molar-refractivity contribution in [2.24, 2.45) is 0 Å². The summed E-state index contributed by atoms with van der Waals surface area (Å²) >= 11 is 0. The van der Waals surface area contributed by atoms with Gasteiger partial charge >= 0.3 is 0 Å². The fourth-order valence-electron chi connectivity index (χ4n) is 3.37. The number of hydrogen-bond acceptors (Lipinski definition) is 4. The first-order valence-electron chi connectivity index (χ1n) is 8.45. The predicted octanol–water partition coefficient (Wildman–Crippen LogP) is 2.16. The van der Waals surface area contributed by atoms with Gasteiger partial charge in [0, 0.05) is 6.54 Å². The molecule has 2 atom stereocenters. The van der Waals surface area contributed by atoms with E-state index in [1.54, 1.807) is 0 Å². The van der Waals surface area contributed by atoms with Gasteiger partial charge in [-0.05, 0) is 42.5 Å². The molecule has 0 saturated carbocycles. The zero-order chi connectivity index (χ0) is 17.0. The predicted molar refractivity (Wildman–Crippen MR) is 94.2 cm³/mol. The highest BCUT2D eigenvalue weighted by Gasteiger charge is 2.37. The van der Waals surface area contributed by atoms with Gasteiger partial charge in [0.15, 0.2) is 0 Å². The zero-order valence-corrected chi connectivity index (χ0v) is 14.0. The highest BCUT2D eigenvalue weighted by molar-refractivity contribution is 5.39. The summed E-state index contributed by atoms with van der Waals surface area (Å²) in [6.07, 6.45) is 1.15. The van der Waals surface area contributed by atoms with Crippen LogP contribution in [0, 0.1) is 6.92 Å². The van der Waals surface area contributed by atoms with Crippen molar-refractivity contribution in [1.29, 1.82) is 0 Å². The maximum atomic E-state index is 10.3. The Bertz CT molecular complexity index is 688. The Hall–Kier alpha value is -1.88. The summed E-state index contributed by atoms with van der Waals surface area (Å²) in [7, 11) is 0. The zero-order valence-electron chi connectivity index (χ0n) is 14.0. The van der Waals surface area contributed by atoms with Crippen molar-refractivity contribution in [3.05, 3.63) is 65.2 Å². The molecule has 3 N–H and O–H groups in total. The number of aryl methyl sites for hydroxylation is 2. The Morgan fingerprint density at radius 3 is 2.71 bits per heavy atom. The largest absolute Gasteiger partial charge is 0.491 e. The quantitative estimate of drug-likeness (QED) is 0.729. The molecule has 3 rings (SSSR count). The maximum Gasteiger partial charge on any atom is 0.122 e. The van der Waals surface area contributed by atoms with Gasteiger partial charge in [0.25, 0.3) is 0 Å². The van der Waals surface area contributed by atoms with E-state index in [-0.39, 0.29) is 13.2 Å². The van der Waals surface area contributed by atoms with Crippen molar-refractivity contribution in [3.8, 4) is 5.75 Å². The molecule has 4 nitrogen and oxygen atoms in total. The van der Waals surface area contributed by atoms with Crippen LogP contribution in [0.4, 0.5) is 0 Å². The molecule has 0 spiro atoms. The number of aliphatic hydroxyl groups is 2. The third-order valence-corrected chi connectivity index (χ3v) is 4.82. The fraction of sp³-hybridized carbons (Fsp3) is 0.400. The molecule has 0 bridgehead atoms. The lowest BCUT2D eigenvalue weighted by Gasteiger charge is -2.31. The second-order valence-corrected chi connectivity index (χ2v) is 6.51. The molecule has 0 radical (unpaired) electrons. The monoisotopic (exact) mass is 327 g/mol. The first-order chi connectivity index (χ1) is 11.6. The summed E-state index contributed by atoms with van der Waals surface area (Å²) in [4.78, 5) is 0. The van der Waals surface area contributed by atoms with Crippen molar-refractivity contribution >= 4 is 0 Å². The molecule has 0 saturated heterocycles. The van der Waals surface area contributed by atoms with E-state index < -0.39 is 11.6 Å². The van der Waals surface area contributed by atoms with E-state index in [1.807, 2.05) is 43.3 Å². The van der Waals surface area contributed by atoms with Crippen LogP contribution in [0.5, 0.6) is 5.75 Å². The smallest absolute Gasteiger partial charge is 0.122 e. The average Bonchev–Trinajstić information content (AvgIpc) is 2.99. The van der Waals surface area contributed by atoms with Crippen LogP contribution < -0.4 is 10.1 Å². The minimum Gasteiger partial charge on any atom is -0.491 e. The second kappa shape index (κ2) is 7.34. The molecule has 0 amide bonds. The number of rotatable bonds is 7. The SMILES string of the molecule is Cc1ccccc1OCC(O)CNC1(CO)CCc2ccccc21. The average molecular weight is 327 g/mol. The van der Waals surface area contributed by atoms with E-state index in [1.165, 1.54) is 5.56 Å². The number of ether oxygens (including phenoxy) is 1. The summed E-state index contributed by atoms with van der Waals surface area (Å²) in [6.45, 7) is 2.60. The first kappa shape index (κ1) is 17.0. The standard InChI is InChI=1S/C20H25NO3/c1-15-6-2-5-9-19(15)24-13-17(23)12-21-20(14-22)11-10-16-7-3-4-8-18(16)20/h2-9,17,21-23H,10-14H2,1H3. The minimum atomic E-state index is -0.638. The number of aliphatic hydroxyl groups excluding tert-OH is 2. The molecule has 0 aliphatic heterocycles. The number of hydrogen-bond donors (Lipinski definition) is 3. The lowest BCUT2D eigenvalue weighted by molar-refractivity contribution is 0.0831. The van der Waals surface area contributed by atoms with Crippen LogP contribution in [0.3, 0.4) is 0 Å². The van der Waals surface area contributed by atoms with Gasteiger partial charge in [0.1, 0.15) is 18.5 Å². The molecule has 1 aliphatic carbocycles. The number of nitrogens with one attached hydrogen (secondary N) is 1. The van der Waals surface area contributed by atoms with Gasteiger partial charge in [-0.1, -0.05) is 42.5 Å². The van der Waals surface area contributed by atoms with Gasteiger partial charge in [-0.2, -0.15) is 0 Å². The first-order valence-corrected chi connectivity index (χ1v) is 8.45. The third kappa shape index (κ3) is 3.46. The molecule has 0 fully saturated rings. The highest BCUT2D eigenvalue weighted by atomic mass is 16.5. The summed E-state index contributed by atoms with van der Waals surface area (Å²) in [5.74, 6) is 0.791. The summed E-state index contributed by atoms with van der Waals surface area (Å²) < 4.78 is 5.70. The van der Waals surface area contributed by atoms with Crippen LogP contribution in [-0.2, 0) is 12.0 Å². The molecule has 0 aromatic heterocycles.